The lowest BCUT2D eigenvalue weighted by Gasteiger charge is -2.12. The minimum absolute atomic E-state index is 0.0650. The van der Waals surface area contributed by atoms with Gasteiger partial charge in [0.1, 0.15) is 12.2 Å². The first-order valence-corrected chi connectivity index (χ1v) is 7.13. The third-order valence-corrected chi connectivity index (χ3v) is 3.91. The Kier molecular flexibility index (Phi) is 3.77. The Morgan fingerprint density at radius 2 is 2.00 bits per heavy atom. The first-order valence-electron chi connectivity index (χ1n) is 6.75. The molecule has 112 valence electrons. The van der Waals surface area contributed by atoms with Crippen LogP contribution >= 0.6 is 11.6 Å². The summed E-state index contributed by atoms with van der Waals surface area (Å²) in [6, 6.07) is 13.0. The zero-order valence-corrected chi connectivity index (χ0v) is 12.7. The van der Waals surface area contributed by atoms with Crippen molar-refractivity contribution in [2.45, 2.75) is 6.61 Å². The van der Waals surface area contributed by atoms with Gasteiger partial charge in [-0.1, -0.05) is 41.9 Å². The van der Waals surface area contributed by atoms with Crippen molar-refractivity contribution < 1.29 is 14.6 Å². The van der Waals surface area contributed by atoms with Gasteiger partial charge in [-0.15, -0.1) is 0 Å². The number of fused-ring (bicyclic) bond motifs is 1. The van der Waals surface area contributed by atoms with Gasteiger partial charge in [0.2, 0.25) is 0 Å². The van der Waals surface area contributed by atoms with Crippen LogP contribution < -0.4 is 4.74 Å². The zero-order chi connectivity index (χ0) is 15.7. The Morgan fingerprint density at radius 1 is 1.27 bits per heavy atom. The number of carbonyl (C=O) groups is 1. The largest absolute Gasteiger partial charge is 0.486 e. The molecule has 1 heterocycles. The number of carboxylic acids is 1. The quantitative estimate of drug-likeness (QED) is 0.788. The number of carboxylic acid groups (broad SMARTS) is 1. The van der Waals surface area contributed by atoms with Gasteiger partial charge in [0.05, 0.1) is 10.5 Å². The Balaban J connectivity index is 2.05. The molecule has 3 aromatic rings. The fourth-order valence-electron chi connectivity index (χ4n) is 2.38. The van der Waals surface area contributed by atoms with Crippen molar-refractivity contribution in [2.75, 3.05) is 0 Å². The smallest absolute Gasteiger partial charge is 0.339 e. The second kappa shape index (κ2) is 5.73. The van der Waals surface area contributed by atoms with E-state index in [1.807, 2.05) is 54.2 Å². The molecule has 5 heteroatoms. The number of hydrogen-bond acceptors (Lipinski definition) is 2. The van der Waals surface area contributed by atoms with Gasteiger partial charge in [0.15, 0.2) is 5.75 Å². The molecule has 0 aliphatic heterocycles. The molecule has 0 amide bonds. The van der Waals surface area contributed by atoms with Crippen molar-refractivity contribution in [1.82, 2.24) is 4.57 Å². The lowest BCUT2D eigenvalue weighted by molar-refractivity contribution is 0.0692. The Bertz CT molecular complexity index is 840. The van der Waals surface area contributed by atoms with Crippen LogP contribution in [0.4, 0.5) is 0 Å². The molecule has 2 aromatic carbocycles. The third-order valence-electron chi connectivity index (χ3n) is 3.54. The van der Waals surface area contributed by atoms with E-state index in [1.165, 1.54) is 0 Å². The average Bonchev–Trinajstić information content (AvgIpc) is 2.89. The van der Waals surface area contributed by atoms with Crippen LogP contribution in [0, 0.1) is 0 Å². The molecule has 4 nitrogen and oxygen atoms in total. The Hall–Kier alpha value is -2.46. The number of aromatic nitrogens is 1. The normalized spacial score (nSPS) is 10.8. The molecule has 0 atom stereocenters. The van der Waals surface area contributed by atoms with Crippen LogP contribution in [-0.4, -0.2) is 15.6 Å². The molecule has 1 N–H and O–H groups in total. The molecule has 0 aliphatic carbocycles. The van der Waals surface area contributed by atoms with E-state index < -0.39 is 5.97 Å². The van der Waals surface area contributed by atoms with Gasteiger partial charge >= 0.3 is 5.97 Å². The molecule has 0 bridgehead atoms. The minimum Gasteiger partial charge on any atom is -0.486 e. The topological polar surface area (TPSA) is 51.5 Å². The van der Waals surface area contributed by atoms with Crippen LogP contribution in [0.25, 0.3) is 10.9 Å². The molecule has 0 spiro atoms. The van der Waals surface area contributed by atoms with E-state index in [-0.39, 0.29) is 17.9 Å². The summed E-state index contributed by atoms with van der Waals surface area (Å²) in [5, 5.41) is 10.5. The maximum atomic E-state index is 11.5. The molecule has 3 rings (SSSR count). The van der Waals surface area contributed by atoms with E-state index in [0.29, 0.717) is 5.02 Å². The lowest BCUT2D eigenvalue weighted by atomic mass is 10.1. The monoisotopic (exact) mass is 315 g/mol. The van der Waals surface area contributed by atoms with E-state index >= 15 is 0 Å². The predicted molar refractivity (Wildman–Crippen MR) is 85.7 cm³/mol. The maximum absolute atomic E-state index is 11.5. The van der Waals surface area contributed by atoms with Crippen molar-refractivity contribution in [3.05, 3.63) is 64.8 Å². The molecule has 0 aliphatic rings. The second-order valence-corrected chi connectivity index (χ2v) is 5.38. The SMILES string of the molecule is Cn1ccc2c(Cl)c(OCc3ccccc3)c(C(=O)O)cc21. The van der Waals surface area contributed by atoms with Gasteiger partial charge in [-0.3, -0.25) is 0 Å². The fourth-order valence-corrected chi connectivity index (χ4v) is 2.70. The molecule has 0 unspecified atom stereocenters. The first-order chi connectivity index (χ1) is 10.6. The second-order valence-electron chi connectivity index (χ2n) is 5.01. The van der Waals surface area contributed by atoms with E-state index in [9.17, 15) is 9.90 Å². The highest BCUT2D eigenvalue weighted by molar-refractivity contribution is 6.37. The minimum atomic E-state index is -1.06. The highest BCUT2D eigenvalue weighted by atomic mass is 35.5. The number of hydrogen-bond donors (Lipinski definition) is 1. The van der Waals surface area contributed by atoms with Gasteiger partial charge in [-0.25, -0.2) is 4.79 Å². The highest BCUT2D eigenvalue weighted by Gasteiger charge is 2.19. The number of benzene rings is 2. The van der Waals surface area contributed by atoms with Crippen LogP contribution in [-0.2, 0) is 13.7 Å². The molecule has 0 saturated heterocycles. The summed E-state index contributed by atoms with van der Waals surface area (Å²) in [4.78, 5) is 11.5. The van der Waals surface area contributed by atoms with Crippen LogP contribution in [0.5, 0.6) is 5.75 Å². The number of aromatic carboxylic acids is 1. The zero-order valence-electron chi connectivity index (χ0n) is 11.9. The summed E-state index contributed by atoms with van der Waals surface area (Å²) in [5.41, 5.74) is 1.77. The van der Waals surface area contributed by atoms with E-state index in [2.05, 4.69) is 0 Å². The predicted octanol–water partition coefficient (Wildman–Crippen LogP) is 4.11. The number of ether oxygens (including phenoxy) is 1. The van der Waals surface area contributed by atoms with Gasteiger partial charge in [0, 0.05) is 18.6 Å². The highest BCUT2D eigenvalue weighted by Crippen LogP contribution is 2.37. The molecule has 22 heavy (non-hydrogen) atoms. The van der Waals surface area contributed by atoms with E-state index in [0.717, 1.165) is 16.5 Å². The maximum Gasteiger partial charge on any atom is 0.339 e. The summed E-state index contributed by atoms with van der Waals surface area (Å²) in [6.07, 6.45) is 1.84. The fraction of sp³-hybridized carbons (Fsp3) is 0.118. The first kappa shape index (κ1) is 14.5. The van der Waals surface area contributed by atoms with Crippen molar-refractivity contribution in [2.24, 2.45) is 7.05 Å². The lowest BCUT2D eigenvalue weighted by Crippen LogP contribution is -2.05. The molecule has 1 aromatic heterocycles. The van der Waals surface area contributed by atoms with Crippen LogP contribution in [0.1, 0.15) is 15.9 Å². The van der Waals surface area contributed by atoms with Crippen molar-refractivity contribution in [3.63, 3.8) is 0 Å². The molecular weight excluding hydrogens is 302 g/mol. The van der Waals surface area contributed by atoms with Crippen molar-refractivity contribution in [1.29, 1.82) is 0 Å². The Morgan fingerprint density at radius 3 is 2.68 bits per heavy atom. The average molecular weight is 316 g/mol. The van der Waals surface area contributed by atoms with Crippen molar-refractivity contribution >= 4 is 28.5 Å². The molecule has 0 radical (unpaired) electrons. The van der Waals surface area contributed by atoms with Crippen LogP contribution in [0.3, 0.4) is 0 Å². The van der Waals surface area contributed by atoms with Crippen LogP contribution in [0.15, 0.2) is 48.7 Å². The van der Waals surface area contributed by atoms with Gasteiger partial charge < -0.3 is 14.4 Å². The van der Waals surface area contributed by atoms with E-state index in [1.54, 1.807) is 6.07 Å². The number of halogens is 1. The summed E-state index contributed by atoms with van der Waals surface area (Å²) in [7, 11) is 1.84. The number of nitrogens with zero attached hydrogens (tertiary/aromatic N) is 1. The van der Waals surface area contributed by atoms with Crippen molar-refractivity contribution in [3.8, 4) is 5.75 Å². The van der Waals surface area contributed by atoms with Gasteiger partial charge in [-0.05, 0) is 17.7 Å². The summed E-state index contributed by atoms with van der Waals surface area (Å²) < 4.78 is 7.54. The summed E-state index contributed by atoms with van der Waals surface area (Å²) in [6.45, 7) is 0.263. The number of rotatable bonds is 4. The summed E-state index contributed by atoms with van der Waals surface area (Å²) in [5.74, 6) is -0.857. The molecular formula is C17H14ClNO3. The standard InChI is InChI=1S/C17H14ClNO3/c1-19-8-7-12-14(19)9-13(17(20)21)16(15(12)18)22-10-11-5-3-2-4-6-11/h2-9H,10H2,1H3,(H,20,21). The van der Waals surface area contributed by atoms with Gasteiger partial charge in [0.25, 0.3) is 0 Å². The Labute approximate surface area is 132 Å². The molecule has 0 fully saturated rings. The third kappa shape index (κ3) is 2.53. The van der Waals surface area contributed by atoms with E-state index in [4.69, 9.17) is 16.3 Å². The van der Waals surface area contributed by atoms with Crippen LogP contribution in [0.2, 0.25) is 5.02 Å². The van der Waals surface area contributed by atoms with Gasteiger partial charge in [-0.2, -0.15) is 0 Å². The molecule has 0 saturated carbocycles. The summed E-state index contributed by atoms with van der Waals surface area (Å²) >= 11 is 6.37. The number of aryl methyl sites for hydroxylation is 1.